The third-order valence-electron chi connectivity index (χ3n) is 5.01. The number of anilines is 1. The number of fused-ring (bicyclic) bond motifs is 1. The molecular formula is C25H21FN2O5. The molecule has 4 rings (SSSR count). The number of ether oxygens (including phenoxy) is 2. The van der Waals surface area contributed by atoms with Gasteiger partial charge in [0.2, 0.25) is 0 Å². The topological polar surface area (TPSA) is 84.9 Å². The molecule has 0 aliphatic carbocycles. The number of imide groups is 1. The summed E-state index contributed by atoms with van der Waals surface area (Å²) in [5, 5.41) is 2.68. The lowest BCUT2D eigenvalue weighted by Gasteiger charge is -2.14. The molecule has 1 N–H and O–H groups in total. The number of amides is 3. The van der Waals surface area contributed by atoms with Gasteiger partial charge in [0.25, 0.3) is 17.7 Å². The Kier molecular flexibility index (Phi) is 6.35. The fourth-order valence-electron chi connectivity index (χ4n) is 3.47. The normalized spacial score (nSPS) is 12.5. The van der Waals surface area contributed by atoms with Gasteiger partial charge in [-0.05, 0) is 61.5 Å². The van der Waals surface area contributed by atoms with Gasteiger partial charge in [-0.2, -0.15) is 0 Å². The summed E-state index contributed by atoms with van der Waals surface area (Å²) in [6, 6.07) is 16.7. The average molecular weight is 448 g/mol. The highest BCUT2D eigenvalue weighted by Crippen LogP contribution is 2.30. The molecule has 0 atom stereocenters. The molecule has 3 aromatic rings. The summed E-state index contributed by atoms with van der Waals surface area (Å²) in [5.41, 5.74) is 1.07. The van der Waals surface area contributed by atoms with Crippen LogP contribution < -0.4 is 19.7 Å². The molecule has 0 aromatic heterocycles. The van der Waals surface area contributed by atoms with Crippen LogP contribution in [0, 0.1) is 5.82 Å². The molecule has 0 saturated heterocycles. The van der Waals surface area contributed by atoms with E-state index in [1.807, 2.05) is 6.92 Å². The first kappa shape index (κ1) is 22.0. The van der Waals surface area contributed by atoms with Crippen LogP contribution in [-0.4, -0.2) is 37.5 Å². The van der Waals surface area contributed by atoms with Crippen LogP contribution in [0.3, 0.4) is 0 Å². The molecule has 1 aliphatic rings. The van der Waals surface area contributed by atoms with Gasteiger partial charge < -0.3 is 14.8 Å². The summed E-state index contributed by atoms with van der Waals surface area (Å²) >= 11 is 0. The molecule has 0 radical (unpaired) electrons. The van der Waals surface area contributed by atoms with Crippen molar-refractivity contribution < 1.29 is 28.2 Å². The van der Waals surface area contributed by atoms with Gasteiger partial charge in [-0.25, -0.2) is 9.29 Å². The molecule has 1 aliphatic heterocycles. The van der Waals surface area contributed by atoms with E-state index in [0.717, 1.165) is 4.90 Å². The standard InChI is InChI=1S/C25H21FN2O5/c1-2-32-19-9-7-18(8-10-19)28-24(30)21-11-6-16(14-22(21)25(28)31)23(29)27-12-13-33-20-5-3-4-17(26)15-20/h3-11,14-15H,2,12-13H2,1H3,(H,27,29). The zero-order chi connectivity index (χ0) is 23.4. The summed E-state index contributed by atoms with van der Waals surface area (Å²) in [4.78, 5) is 39.3. The van der Waals surface area contributed by atoms with E-state index < -0.39 is 23.5 Å². The Morgan fingerprint density at radius 2 is 1.67 bits per heavy atom. The summed E-state index contributed by atoms with van der Waals surface area (Å²) in [5.74, 6) is -0.773. The molecule has 1 heterocycles. The van der Waals surface area contributed by atoms with Gasteiger partial charge in [0, 0.05) is 11.6 Å². The summed E-state index contributed by atoms with van der Waals surface area (Å²) in [6.45, 7) is 2.69. The number of hydrogen-bond donors (Lipinski definition) is 1. The van der Waals surface area contributed by atoms with E-state index in [1.54, 1.807) is 30.3 Å². The molecule has 0 saturated carbocycles. The second-order valence-electron chi connectivity index (χ2n) is 7.19. The summed E-state index contributed by atoms with van der Waals surface area (Å²) < 4.78 is 24.0. The van der Waals surface area contributed by atoms with Gasteiger partial charge in [-0.3, -0.25) is 14.4 Å². The lowest BCUT2D eigenvalue weighted by molar-refractivity contribution is 0.0923. The molecule has 0 bridgehead atoms. The predicted molar refractivity (Wildman–Crippen MR) is 119 cm³/mol. The minimum Gasteiger partial charge on any atom is -0.494 e. The van der Waals surface area contributed by atoms with Gasteiger partial charge in [0.15, 0.2) is 0 Å². The van der Waals surface area contributed by atoms with Gasteiger partial charge in [-0.1, -0.05) is 6.07 Å². The number of hydrogen-bond acceptors (Lipinski definition) is 5. The molecule has 0 unspecified atom stereocenters. The highest BCUT2D eigenvalue weighted by Gasteiger charge is 2.37. The van der Waals surface area contributed by atoms with Crippen molar-refractivity contribution in [2.24, 2.45) is 0 Å². The first-order valence-corrected chi connectivity index (χ1v) is 10.4. The van der Waals surface area contributed by atoms with E-state index in [1.165, 1.54) is 36.4 Å². The SMILES string of the molecule is CCOc1ccc(N2C(=O)c3ccc(C(=O)NCCOc4cccc(F)c4)cc3C2=O)cc1. The van der Waals surface area contributed by atoms with Crippen molar-refractivity contribution in [3.05, 3.63) is 89.2 Å². The Morgan fingerprint density at radius 3 is 2.39 bits per heavy atom. The lowest BCUT2D eigenvalue weighted by Crippen LogP contribution is -2.29. The Hall–Kier alpha value is -4.20. The van der Waals surface area contributed by atoms with Crippen LogP contribution in [-0.2, 0) is 0 Å². The van der Waals surface area contributed by atoms with Crippen LogP contribution in [0.1, 0.15) is 38.0 Å². The van der Waals surface area contributed by atoms with Crippen molar-refractivity contribution in [3.63, 3.8) is 0 Å². The van der Waals surface area contributed by atoms with Crippen molar-refractivity contribution >= 4 is 23.4 Å². The van der Waals surface area contributed by atoms with Crippen molar-refractivity contribution in [1.82, 2.24) is 5.32 Å². The first-order valence-electron chi connectivity index (χ1n) is 10.4. The quantitative estimate of drug-likeness (QED) is 0.418. The van der Waals surface area contributed by atoms with E-state index in [9.17, 15) is 18.8 Å². The van der Waals surface area contributed by atoms with Crippen LogP contribution >= 0.6 is 0 Å². The van der Waals surface area contributed by atoms with E-state index in [2.05, 4.69) is 5.32 Å². The number of halogens is 1. The third kappa shape index (κ3) is 4.69. The Morgan fingerprint density at radius 1 is 0.909 bits per heavy atom. The monoisotopic (exact) mass is 448 g/mol. The number of benzene rings is 3. The first-order chi connectivity index (χ1) is 16.0. The second kappa shape index (κ2) is 9.52. The maximum absolute atomic E-state index is 13.2. The summed E-state index contributed by atoms with van der Waals surface area (Å²) in [7, 11) is 0. The number of nitrogens with one attached hydrogen (secondary N) is 1. The third-order valence-corrected chi connectivity index (χ3v) is 5.01. The summed E-state index contributed by atoms with van der Waals surface area (Å²) in [6.07, 6.45) is 0. The van der Waals surface area contributed by atoms with Crippen molar-refractivity contribution in [2.75, 3.05) is 24.7 Å². The number of nitrogens with zero attached hydrogens (tertiary/aromatic N) is 1. The van der Waals surface area contributed by atoms with E-state index in [4.69, 9.17) is 9.47 Å². The zero-order valence-corrected chi connectivity index (χ0v) is 17.8. The molecular weight excluding hydrogens is 427 g/mol. The minimum absolute atomic E-state index is 0.142. The van der Waals surface area contributed by atoms with Gasteiger partial charge >= 0.3 is 0 Å². The van der Waals surface area contributed by atoms with Crippen LogP contribution in [0.2, 0.25) is 0 Å². The Balaban J connectivity index is 1.41. The number of carbonyl (C=O) groups excluding carboxylic acids is 3. The molecule has 3 amide bonds. The highest BCUT2D eigenvalue weighted by atomic mass is 19.1. The maximum atomic E-state index is 13.2. The lowest BCUT2D eigenvalue weighted by atomic mass is 10.1. The van der Waals surface area contributed by atoms with Crippen LogP contribution in [0.4, 0.5) is 10.1 Å². The number of carbonyl (C=O) groups is 3. The number of rotatable bonds is 8. The minimum atomic E-state index is -0.497. The van der Waals surface area contributed by atoms with Crippen LogP contribution in [0.15, 0.2) is 66.7 Å². The zero-order valence-electron chi connectivity index (χ0n) is 17.8. The van der Waals surface area contributed by atoms with E-state index in [-0.39, 0.29) is 29.8 Å². The maximum Gasteiger partial charge on any atom is 0.266 e. The predicted octanol–water partition coefficient (Wildman–Crippen LogP) is 3.83. The van der Waals surface area contributed by atoms with Crippen LogP contribution in [0.5, 0.6) is 11.5 Å². The Labute approximate surface area is 189 Å². The second-order valence-corrected chi connectivity index (χ2v) is 7.19. The highest BCUT2D eigenvalue weighted by molar-refractivity contribution is 6.34. The van der Waals surface area contributed by atoms with Crippen molar-refractivity contribution in [2.45, 2.75) is 6.92 Å². The molecule has 8 heteroatoms. The Bertz CT molecular complexity index is 1210. The molecule has 168 valence electrons. The molecule has 33 heavy (non-hydrogen) atoms. The smallest absolute Gasteiger partial charge is 0.266 e. The average Bonchev–Trinajstić information content (AvgIpc) is 3.07. The fourth-order valence-corrected chi connectivity index (χ4v) is 3.47. The van der Waals surface area contributed by atoms with Crippen LogP contribution in [0.25, 0.3) is 0 Å². The molecule has 3 aromatic carbocycles. The van der Waals surface area contributed by atoms with Gasteiger partial charge in [0.05, 0.1) is 30.0 Å². The van der Waals surface area contributed by atoms with Crippen molar-refractivity contribution in [3.8, 4) is 11.5 Å². The molecule has 7 nitrogen and oxygen atoms in total. The van der Waals surface area contributed by atoms with Gasteiger partial charge in [-0.15, -0.1) is 0 Å². The van der Waals surface area contributed by atoms with Crippen molar-refractivity contribution in [1.29, 1.82) is 0 Å². The van der Waals surface area contributed by atoms with Gasteiger partial charge in [0.1, 0.15) is 23.9 Å². The fraction of sp³-hybridized carbons (Fsp3) is 0.160. The van der Waals surface area contributed by atoms with E-state index >= 15 is 0 Å². The molecule has 0 spiro atoms. The molecule has 0 fully saturated rings. The van der Waals surface area contributed by atoms with E-state index in [0.29, 0.717) is 23.8 Å². The largest absolute Gasteiger partial charge is 0.494 e.